The number of aliphatic hydroxyl groups is 1. The van der Waals surface area contributed by atoms with E-state index in [4.69, 9.17) is 14.2 Å². The second-order valence-electron chi connectivity index (χ2n) is 6.89. The summed E-state index contributed by atoms with van der Waals surface area (Å²) in [6.07, 6.45) is 2.08. The van der Waals surface area contributed by atoms with Gasteiger partial charge in [0.05, 0.1) is 32.0 Å². The van der Waals surface area contributed by atoms with E-state index >= 15 is 0 Å². The summed E-state index contributed by atoms with van der Waals surface area (Å²) in [5.74, 6) is 0. The van der Waals surface area contributed by atoms with Gasteiger partial charge in [-0.3, -0.25) is 0 Å². The molecule has 1 aliphatic rings. The normalized spacial score (nSPS) is 23.2. The van der Waals surface area contributed by atoms with E-state index in [1.807, 2.05) is 66.7 Å². The lowest BCUT2D eigenvalue weighted by Crippen LogP contribution is -2.39. The highest BCUT2D eigenvalue weighted by Crippen LogP contribution is 2.29. The fraction of sp³-hybridized carbons (Fsp3) is 0.391. The first-order valence-corrected chi connectivity index (χ1v) is 9.48. The smallest absolute Gasteiger partial charge is 0.112 e. The van der Waals surface area contributed by atoms with Crippen molar-refractivity contribution < 1.29 is 19.3 Å². The van der Waals surface area contributed by atoms with E-state index in [-0.39, 0.29) is 18.8 Å². The van der Waals surface area contributed by atoms with Crippen molar-refractivity contribution in [3.05, 3.63) is 84.4 Å². The summed E-state index contributed by atoms with van der Waals surface area (Å²) in [4.78, 5) is 0. The third-order valence-corrected chi connectivity index (χ3v) is 4.73. The predicted octanol–water partition coefficient (Wildman–Crippen LogP) is 3.88. The van der Waals surface area contributed by atoms with Gasteiger partial charge in [0, 0.05) is 6.42 Å². The van der Waals surface area contributed by atoms with Crippen LogP contribution in [0.25, 0.3) is 0 Å². The summed E-state index contributed by atoms with van der Waals surface area (Å²) in [5, 5.41) is 10.6. The van der Waals surface area contributed by atoms with Crippen LogP contribution in [0.3, 0.4) is 0 Å². The molecular formula is C23H28O4. The topological polar surface area (TPSA) is 47.9 Å². The van der Waals surface area contributed by atoms with Gasteiger partial charge in [-0.05, 0) is 17.5 Å². The van der Waals surface area contributed by atoms with Gasteiger partial charge in [-0.2, -0.15) is 0 Å². The van der Waals surface area contributed by atoms with Crippen molar-refractivity contribution in [3.63, 3.8) is 0 Å². The summed E-state index contributed by atoms with van der Waals surface area (Å²) in [6.45, 7) is 4.97. The minimum Gasteiger partial charge on any atom is -0.388 e. The van der Waals surface area contributed by atoms with E-state index in [2.05, 4.69) is 6.58 Å². The van der Waals surface area contributed by atoms with Crippen molar-refractivity contribution in [2.24, 2.45) is 0 Å². The van der Waals surface area contributed by atoms with Crippen LogP contribution in [0.15, 0.2) is 73.3 Å². The molecule has 1 saturated heterocycles. The van der Waals surface area contributed by atoms with Crippen LogP contribution in [-0.2, 0) is 27.4 Å². The quantitative estimate of drug-likeness (QED) is 0.647. The molecule has 0 amide bonds. The first-order chi connectivity index (χ1) is 13.3. The van der Waals surface area contributed by atoms with Gasteiger partial charge in [-0.25, -0.2) is 0 Å². The second kappa shape index (κ2) is 10.4. The molecule has 0 saturated carbocycles. The molecule has 2 aromatic rings. The Morgan fingerprint density at radius 2 is 1.67 bits per heavy atom. The molecule has 0 bridgehead atoms. The number of rotatable bonds is 10. The Labute approximate surface area is 161 Å². The average molecular weight is 368 g/mol. The average Bonchev–Trinajstić information content (AvgIpc) is 3.11. The number of ether oxygens (including phenoxy) is 3. The summed E-state index contributed by atoms with van der Waals surface area (Å²) in [7, 11) is 0. The Bertz CT molecular complexity index is 673. The Kier molecular flexibility index (Phi) is 7.60. The van der Waals surface area contributed by atoms with Crippen LogP contribution >= 0.6 is 0 Å². The van der Waals surface area contributed by atoms with Crippen LogP contribution in [0, 0.1) is 0 Å². The summed E-state index contributed by atoms with van der Waals surface area (Å²) in [6, 6.07) is 20.0. The van der Waals surface area contributed by atoms with Gasteiger partial charge in [-0.1, -0.05) is 66.7 Å². The van der Waals surface area contributed by atoms with Crippen molar-refractivity contribution >= 4 is 0 Å². The first kappa shape index (κ1) is 19.8. The van der Waals surface area contributed by atoms with E-state index < -0.39 is 12.2 Å². The monoisotopic (exact) mass is 368 g/mol. The molecule has 0 unspecified atom stereocenters. The van der Waals surface area contributed by atoms with Crippen LogP contribution in [0.4, 0.5) is 0 Å². The zero-order valence-corrected chi connectivity index (χ0v) is 15.6. The molecule has 144 valence electrons. The molecule has 27 heavy (non-hydrogen) atoms. The summed E-state index contributed by atoms with van der Waals surface area (Å²) < 4.78 is 17.8. The van der Waals surface area contributed by atoms with Crippen LogP contribution in [0.5, 0.6) is 0 Å². The van der Waals surface area contributed by atoms with Crippen molar-refractivity contribution in [1.82, 2.24) is 0 Å². The van der Waals surface area contributed by atoms with Crippen molar-refractivity contribution in [2.45, 2.75) is 50.5 Å². The minimum absolute atomic E-state index is 0.0250. The van der Waals surface area contributed by atoms with Crippen LogP contribution < -0.4 is 0 Å². The molecule has 1 aliphatic heterocycles. The van der Waals surface area contributed by atoms with Crippen molar-refractivity contribution in [1.29, 1.82) is 0 Å². The minimum atomic E-state index is -0.732. The van der Waals surface area contributed by atoms with E-state index in [0.717, 1.165) is 24.0 Å². The number of hydrogen-bond donors (Lipinski definition) is 1. The molecule has 1 N–H and O–H groups in total. The van der Waals surface area contributed by atoms with Gasteiger partial charge >= 0.3 is 0 Å². The first-order valence-electron chi connectivity index (χ1n) is 9.48. The Hall–Kier alpha value is -1.98. The number of benzene rings is 2. The van der Waals surface area contributed by atoms with E-state index in [0.29, 0.717) is 13.2 Å². The third kappa shape index (κ3) is 6.01. The highest BCUT2D eigenvalue weighted by atomic mass is 16.6. The summed E-state index contributed by atoms with van der Waals surface area (Å²) in [5.41, 5.74) is 2.19. The van der Waals surface area contributed by atoms with Gasteiger partial charge in [0.15, 0.2) is 0 Å². The molecule has 3 rings (SSSR count). The van der Waals surface area contributed by atoms with Gasteiger partial charge in [0.2, 0.25) is 0 Å². The summed E-state index contributed by atoms with van der Waals surface area (Å²) >= 11 is 0. The molecule has 1 heterocycles. The Morgan fingerprint density at radius 1 is 1.04 bits per heavy atom. The fourth-order valence-electron chi connectivity index (χ4n) is 3.34. The Balaban J connectivity index is 1.53. The number of aliphatic hydroxyl groups excluding tert-OH is 1. The van der Waals surface area contributed by atoms with Gasteiger partial charge in [-0.15, -0.1) is 6.58 Å². The largest absolute Gasteiger partial charge is 0.388 e. The molecule has 0 aromatic heterocycles. The molecule has 0 aliphatic carbocycles. The lowest BCUT2D eigenvalue weighted by Gasteiger charge is -2.24. The van der Waals surface area contributed by atoms with Crippen LogP contribution in [0.2, 0.25) is 0 Å². The third-order valence-electron chi connectivity index (χ3n) is 4.73. The second-order valence-corrected chi connectivity index (χ2v) is 6.89. The molecule has 1 fully saturated rings. The van der Waals surface area contributed by atoms with Gasteiger partial charge < -0.3 is 19.3 Å². The van der Waals surface area contributed by atoms with Gasteiger partial charge in [0.1, 0.15) is 12.2 Å². The molecular weight excluding hydrogens is 340 g/mol. The van der Waals surface area contributed by atoms with E-state index in [1.165, 1.54) is 0 Å². The number of hydrogen-bond acceptors (Lipinski definition) is 4. The molecule has 4 nitrogen and oxygen atoms in total. The molecule has 2 aromatic carbocycles. The molecule has 4 heteroatoms. The highest BCUT2D eigenvalue weighted by Gasteiger charge is 2.39. The van der Waals surface area contributed by atoms with Gasteiger partial charge in [0.25, 0.3) is 0 Å². The predicted molar refractivity (Wildman–Crippen MR) is 105 cm³/mol. The highest BCUT2D eigenvalue weighted by molar-refractivity contribution is 5.14. The fourth-order valence-corrected chi connectivity index (χ4v) is 3.34. The van der Waals surface area contributed by atoms with E-state index in [9.17, 15) is 5.11 Å². The lowest BCUT2D eigenvalue weighted by atomic mass is 10.1. The maximum absolute atomic E-state index is 10.6. The lowest BCUT2D eigenvalue weighted by molar-refractivity contribution is -0.109. The molecule has 0 spiro atoms. The SMILES string of the molecule is C=CC[C@H]1C[C@@H](OCc2ccccc2)[C@H]([C@H](O)COCc2ccccc2)O1. The van der Waals surface area contributed by atoms with E-state index in [1.54, 1.807) is 0 Å². The zero-order chi connectivity index (χ0) is 18.9. The maximum atomic E-state index is 10.6. The molecule has 0 radical (unpaired) electrons. The maximum Gasteiger partial charge on any atom is 0.112 e. The van der Waals surface area contributed by atoms with Crippen molar-refractivity contribution in [3.8, 4) is 0 Å². The zero-order valence-electron chi connectivity index (χ0n) is 15.6. The standard InChI is InChI=1S/C23H28O4/c1-2-9-20-14-22(26-16-19-12-7-4-8-13-19)23(27-20)21(24)17-25-15-18-10-5-3-6-11-18/h2-8,10-13,20-24H,1,9,14-17H2/t20-,21+,22+,23-/m0/s1. The Morgan fingerprint density at radius 3 is 2.30 bits per heavy atom. The van der Waals surface area contributed by atoms with Crippen LogP contribution in [0.1, 0.15) is 24.0 Å². The van der Waals surface area contributed by atoms with Crippen LogP contribution in [-0.4, -0.2) is 36.1 Å². The molecule has 4 atom stereocenters. The van der Waals surface area contributed by atoms with Crippen molar-refractivity contribution in [2.75, 3.05) is 6.61 Å².